The van der Waals surface area contributed by atoms with E-state index in [0.717, 1.165) is 0 Å². The minimum atomic E-state index is -4.02. The standard InChI is InChI=1S/C6H7O3P.2BrH/c7-10(8,9)6-4-2-1-3-5-6;;/h1-5H,(H2,7,8,9);2*1H. The summed E-state index contributed by atoms with van der Waals surface area (Å²) >= 11 is 0. The van der Waals surface area contributed by atoms with Crippen molar-refractivity contribution in [3.05, 3.63) is 30.3 Å². The van der Waals surface area contributed by atoms with Crippen molar-refractivity contribution >= 4 is 46.9 Å². The van der Waals surface area contributed by atoms with Gasteiger partial charge < -0.3 is 9.79 Å². The third kappa shape index (κ3) is 4.38. The third-order valence-electron chi connectivity index (χ3n) is 1.09. The van der Waals surface area contributed by atoms with E-state index < -0.39 is 7.60 Å². The van der Waals surface area contributed by atoms with Gasteiger partial charge in [-0.3, -0.25) is 4.57 Å². The van der Waals surface area contributed by atoms with Crippen LogP contribution in [0, 0.1) is 0 Å². The van der Waals surface area contributed by atoms with Crippen molar-refractivity contribution in [2.75, 3.05) is 0 Å². The topological polar surface area (TPSA) is 57.5 Å². The van der Waals surface area contributed by atoms with Crippen LogP contribution in [-0.4, -0.2) is 9.79 Å². The summed E-state index contributed by atoms with van der Waals surface area (Å²) in [5.74, 6) is 0. The van der Waals surface area contributed by atoms with Gasteiger partial charge in [0.25, 0.3) is 0 Å². The Labute approximate surface area is 91.5 Å². The molecule has 0 aromatic heterocycles. The van der Waals surface area contributed by atoms with Crippen molar-refractivity contribution in [1.82, 2.24) is 0 Å². The molecule has 0 heterocycles. The van der Waals surface area contributed by atoms with Gasteiger partial charge >= 0.3 is 7.60 Å². The molecule has 0 saturated heterocycles. The SMILES string of the molecule is Br.Br.O=P(O)(O)c1ccccc1. The van der Waals surface area contributed by atoms with Crippen LogP contribution in [0.3, 0.4) is 0 Å². The fourth-order valence-electron chi connectivity index (χ4n) is 0.622. The first kappa shape index (κ1) is 14.8. The summed E-state index contributed by atoms with van der Waals surface area (Å²) in [5.41, 5.74) is 0. The molecule has 0 unspecified atom stereocenters. The van der Waals surface area contributed by atoms with Crippen molar-refractivity contribution in [3.8, 4) is 0 Å². The summed E-state index contributed by atoms with van der Waals surface area (Å²) < 4.78 is 10.5. The van der Waals surface area contributed by atoms with Crippen LogP contribution >= 0.6 is 41.6 Å². The Morgan fingerprint density at radius 2 is 1.42 bits per heavy atom. The highest BCUT2D eigenvalue weighted by atomic mass is 79.9. The molecule has 0 bridgehead atoms. The number of hydrogen-bond acceptors (Lipinski definition) is 1. The van der Waals surface area contributed by atoms with Crippen molar-refractivity contribution in [3.63, 3.8) is 0 Å². The Balaban J connectivity index is 0. The van der Waals surface area contributed by atoms with Gasteiger partial charge in [0.2, 0.25) is 0 Å². The van der Waals surface area contributed by atoms with E-state index in [1.54, 1.807) is 18.2 Å². The summed E-state index contributed by atoms with van der Waals surface area (Å²) in [4.78, 5) is 17.2. The second-order valence-corrected chi connectivity index (χ2v) is 3.48. The first-order valence-electron chi connectivity index (χ1n) is 2.72. The van der Waals surface area contributed by atoms with E-state index >= 15 is 0 Å². The molecule has 3 nitrogen and oxygen atoms in total. The number of halogens is 2. The second-order valence-electron chi connectivity index (χ2n) is 1.88. The average Bonchev–Trinajstić information content (AvgIpc) is 1.88. The van der Waals surface area contributed by atoms with E-state index in [1.807, 2.05) is 0 Å². The van der Waals surface area contributed by atoms with Crippen LogP contribution in [0.2, 0.25) is 0 Å². The van der Waals surface area contributed by atoms with Crippen LogP contribution in [0.15, 0.2) is 30.3 Å². The second kappa shape index (κ2) is 5.89. The number of rotatable bonds is 1. The maximum Gasteiger partial charge on any atom is 0.356 e. The van der Waals surface area contributed by atoms with E-state index in [1.165, 1.54) is 12.1 Å². The summed E-state index contributed by atoms with van der Waals surface area (Å²) in [6.07, 6.45) is 0. The van der Waals surface area contributed by atoms with Gasteiger partial charge in [-0.1, -0.05) is 18.2 Å². The largest absolute Gasteiger partial charge is 0.356 e. The first-order valence-corrected chi connectivity index (χ1v) is 4.33. The molecular formula is C6H9Br2O3P. The van der Waals surface area contributed by atoms with Crippen LogP contribution in [0.25, 0.3) is 0 Å². The van der Waals surface area contributed by atoms with Crippen LogP contribution in [0.4, 0.5) is 0 Å². The van der Waals surface area contributed by atoms with Crippen molar-refractivity contribution in [2.24, 2.45) is 0 Å². The van der Waals surface area contributed by atoms with Crippen LogP contribution in [0.1, 0.15) is 0 Å². The monoisotopic (exact) mass is 318 g/mol. The molecule has 1 aromatic rings. The van der Waals surface area contributed by atoms with Gasteiger partial charge in [0.05, 0.1) is 5.30 Å². The molecule has 0 saturated carbocycles. The zero-order valence-electron chi connectivity index (χ0n) is 5.95. The molecular weight excluding hydrogens is 311 g/mol. The smallest absolute Gasteiger partial charge is 0.321 e. The normalized spacial score (nSPS) is 9.50. The van der Waals surface area contributed by atoms with E-state index in [4.69, 9.17) is 9.79 Å². The van der Waals surface area contributed by atoms with Crippen molar-refractivity contribution in [2.45, 2.75) is 0 Å². The molecule has 0 atom stereocenters. The Bertz CT molecular complexity index is 259. The highest BCUT2D eigenvalue weighted by Crippen LogP contribution is 2.32. The molecule has 6 heteroatoms. The van der Waals surface area contributed by atoms with Crippen molar-refractivity contribution in [1.29, 1.82) is 0 Å². The van der Waals surface area contributed by atoms with Gasteiger partial charge in [-0.2, -0.15) is 0 Å². The summed E-state index contributed by atoms with van der Waals surface area (Å²) in [6, 6.07) is 7.70. The molecule has 0 fully saturated rings. The molecule has 0 aliphatic heterocycles. The minimum Gasteiger partial charge on any atom is -0.321 e. The predicted molar refractivity (Wildman–Crippen MR) is 58.8 cm³/mol. The molecule has 0 spiro atoms. The molecule has 12 heavy (non-hydrogen) atoms. The van der Waals surface area contributed by atoms with E-state index in [2.05, 4.69) is 0 Å². The zero-order valence-corrected chi connectivity index (χ0v) is 10.3. The van der Waals surface area contributed by atoms with Gasteiger partial charge in [-0.15, -0.1) is 34.0 Å². The van der Waals surface area contributed by atoms with E-state index in [0.29, 0.717) is 0 Å². The number of benzene rings is 1. The quantitative estimate of drug-likeness (QED) is 0.774. The lowest BCUT2D eigenvalue weighted by Crippen LogP contribution is -2.01. The fourth-order valence-corrected chi connectivity index (χ4v) is 1.18. The summed E-state index contributed by atoms with van der Waals surface area (Å²) in [7, 11) is -4.02. The lowest BCUT2D eigenvalue weighted by molar-refractivity contribution is 0.387. The maximum atomic E-state index is 10.5. The first-order chi connectivity index (χ1) is 4.61. The molecule has 70 valence electrons. The van der Waals surface area contributed by atoms with Crippen molar-refractivity contribution < 1.29 is 14.4 Å². The summed E-state index contributed by atoms with van der Waals surface area (Å²) in [5, 5.41) is 0.0648. The Morgan fingerprint density at radius 1 is 1.00 bits per heavy atom. The summed E-state index contributed by atoms with van der Waals surface area (Å²) in [6.45, 7) is 0. The van der Waals surface area contributed by atoms with Gasteiger partial charge in [0.1, 0.15) is 0 Å². The van der Waals surface area contributed by atoms with Gasteiger partial charge in [-0.25, -0.2) is 0 Å². The fraction of sp³-hybridized carbons (Fsp3) is 0. The lowest BCUT2D eigenvalue weighted by atomic mass is 10.4. The highest BCUT2D eigenvalue weighted by Gasteiger charge is 2.14. The lowest BCUT2D eigenvalue weighted by Gasteiger charge is -2.00. The van der Waals surface area contributed by atoms with E-state index in [-0.39, 0.29) is 39.3 Å². The van der Waals surface area contributed by atoms with Gasteiger partial charge in [-0.05, 0) is 12.1 Å². The Kier molecular flexibility index (Phi) is 7.28. The van der Waals surface area contributed by atoms with Gasteiger partial charge in [0.15, 0.2) is 0 Å². The van der Waals surface area contributed by atoms with Gasteiger partial charge in [0, 0.05) is 0 Å². The van der Waals surface area contributed by atoms with Crippen LogP contribution in [0.5, 0.6) is 0 Å². The maximum absolute atomic E-state index is 10.5. The predicted octanol–water partition coefficient (Wildman–Crippen LogP) is 1.65. The average molecular weight is 320 g/mol. The number of hydrogen-bond donors (Lipinski definition) is 2. The molecule has 0 amide bonds. The zero-order chi connectivity index (χ0) is 7.61. The molecule has 1 rings (SSSR count). The molecule has 0 radical (unpaired) electrons. The van der Waals surface area contributed by atoms with Crippen LogP contribution < -0.4 is 5.30 Å². The Morgan fingerprint density at radius 3 is 1.67 bits per heavy atom. The minimum absolute atomic E-state index is 0. The highest BCUT2D eigenvalue weighted by molar-refractivity contribution is 8.93. The molecule has 0 aliphatic carbocycles. The van der Waals surface area contributed by atoms with E-state index in [9.17, 15) is 4.57 Å². The third-order valence-corrected chi connectivity index (χ3v) is 2.06. The van der Waals surface area contributed by atoms with Crippen LogP contribution in [-0.2, 0) is 4.57 Å². The molecule has 1 aromatic carbocycles. The molecule has 2 N–H and O–H groups in total. The molecule has 0 aliphatic rings. The Hall–Kier alpha value is 0.330.